The predicted molar refractivity (Wildman–Crippen MR) is 91.4 cm³/mol. The highest BCUT2D eigenvalue weighted by Gasteiger charge is 2.27. The van der Waals surface area contributed by atoms with Crippen LogP contribution in [0.5, 0.6) is 0 Å². The quantitative estimate of drug-likeness (QED) is 0.846. The molecular weight excluding hydrogens is 292 g/mol. The largest absolute Gasteiger partial charge is 0.393 e. The van der Waals surface area contributed by atoms with E-state index in [0.717, 1.165) is 43.6 Å². The molecular formula is C17H30N4O2. The molecule has 1 saturated carbocycles. The van der Waals surface area contributed by atoms with Crippen LogP contribution in [0.1, 0.15) is 45.7 Å². The van der Waals surface area contributed by atoms with Crippen molar-refractivity contribution in [3.05, 3.63) is 11.9 Å². The molecule has 23 heavy (non-hydrogen) atoms. The minimum absolute atomic E-state index is 0.136. The van der Waals surface area contributed by atoms with Crippen molar-refractivity contribution in [1.82, 2.24) is 14.7 Å². The van der Waals surface area contributed by atoms with Gasteiger partial charge < -0.3 is 15.3 Å². The van der Waals surface area contributed by atoms with Crippen molar-refractivity contribution in [3.63, 3.8) is 0 Å². The van der Waals surface area contributed by atoms with E-state index in [1.54, 1.807) is 18.1 Å². The lowest BCUT2D eigenvalue weighted by atomic mass is 10.1. The van der Waals surface area contributed by atoms with Crippen LogP contribution in [0.25, 0.3) is 0 Å². The van der Waals surface area contributed by atoms with Crippen LogP contribution in [0.2, 0.25) is 0 Å². The van der Waals surface area contributed by atoms with E-state index in [1.165, 1.54) is 0 Å². The van der Waals surface area contributed by atoms with E-state index >= 15 is 0 Å². The predicted octanol–water partition coefficient (Wildman–Crippen LogP) is 2.73. The number of nitrogens with zero attached hydrogens (tertiary/aromatic N) is 3. The number of hydrogen-bond acceptors (Lipinski definition) is 3. The first-order chi connectivity index (χ1) is 10.9. The number of urea groups is 1. The molecule has 2 rings (SSSR count). The Kier molecular flexibility index (Phi) is 6.04. The Morgan fingerprint density at radius 3 is 2.83 bits per heavy atom. The van der Waals surface area contributed by atoms with Gasteiger partial charge >= 0.3 is 6.03 Å². The second-order valence-corrected chi connectivity index (χ2v) is 7.00. The molecule has 1 aliphatic carbocycles. The van der Waals surface area contributed by atoms with Gasteiger partial charge in [0.1, 0.15) is 0 Å². The van der Waals surface area contributed by atoms with Crippen molar-refractivity contribution in [2.75, 3.05) is 18.9 Å². The normalized spacial score (nSPS) is 21.0. The van der Waals surface area contributed by atoms with Crippen molar-refractivity contribution in [2.45, 2.75) is 59.1 Å². The maximum atomic E-state index is 12.4. The molecule has 0 radical (unpaired) electrons. The molecule has 0 spiro atoms. The summed E-state index contributed by atoms with van der Waals surface area (Å²) in [6.45, 7) is 7.82. The SMILES string of the molecule is CCc1c(NC(=O)N(C)CC2CCCC2O)cnn1CC(C)C. The van der Waals surface area contributed by atoms with Crippen molar-refractivity contribution < 1.29 is 9.90 Å². The van der Waals surface area contributed by atoms with Crippen molar-refractivity contribution in [3.8, 4) is 0 Å². The number of carbonyl (C=O) groups is 1. The molecule has 2 N–H and O–H groups in total. The molecule has 1 aromatic heterocycles. The number of aliphatic hydroxyl groups excluding tert-OH is 1. The summed E-state index contributed by atoms with van der Waals surface area (Å²) in [7, 11) is 1.78. The number of rotatable bonds is 6. The van der Waals surface area contributed by atoms with Crippen LogP contribution >= 0.6 is 0 Å². The molecule has 1 fully saturated rings. The van der Waals surface area contributed by atoms with Gasteiger partial charge in [-0.2, -0.15) is 5.10 Å². The van der Waals surface area contributed by atoms with Gasteiger partial charge in [-0.05, 0) is 25.2 Å². The molecule has 1 aromatic rings. The number of amides is 2. The number of anilines is 1. The van der Waals surface area contributed by atoms with Crippen molar-refractivity contribution in [2.24, 2.45) is 11.8 Å². The van der Waals surface area contributed by atoms with Crippen LogP contribution < -0.4 is 5.32 Å². The van der Waals surface area contributed by atoms with Gasteiger partial charge in [-0.3, -0.25) is 4.68 Å². The fraction of sp³-hybridized carbons (Fsp3) is 0.765. The maximum Gasteiger partial charge on any atom is 0.321 e. The Hall–Kier alpha value is -1.56. The Labute approximate surface area is 138 Å². The molecule has 1 aliphatic rings. The zero-order chi connectivity index (χ0) is 17.0. The maximum absolute atomic E-state index is 12.4. The summed E-state index contributed by atoms with van der Waals surface area (Å²) >= 11 is 0. The molecule has 6 nitrogen and oxygen atoms in total. The van der Waals surface area contributed by atoms with Gasteiger partial charge in [0, 0.05) is 26.1 Å². The fourth-order valence-electron chi connectivity index (χ4n) is 3.27. The van der Waals surface area contributed by atoms with E-state index in [4.69, 9.17) is 0 Å². The van der Waals surface area contributed by atoms with E-state index < -0.39 is 0 Å². The molecule has 2 unspecified atom stereocenters. The molecule has 2 atom stereocenters. The summed E-state index contributed by atoms with van der Waals surface area (Å²) in [6, 6.07) is -0.136. The molecule has 2 amide bonds. The van der Waals surface area contributed by atoms with E-state index in [0.29, 0.717) is 12.5 Å². The van der Waals surface area contributed by atoms with Gasteiger partial charge in [0.15, 0.2) is 0 Å². The summed E-state index contributed by atoms with van der Waals surface area (Å²) in [5.74, 6) is 0.704. The lowest BCUT2D eigenvalue weighted by molar-refractivity contribution is 0.116. The van der Waals surface area contributed by atoms with Crippen LogP contribution in [-0.4, -0.2) is 45.5 Å². The monoisotopic (exact) mass is 322 g/mol. The third-order valence-corrected chi connectivity index (χ3v) is 4.54. The third-order valence-electron chi connectivity index (χ3n) is 4.54. The average Bonchev–Trinajstić information content (AvgIpc) is 3.05. The second-order valence-electron chi connectivity index (χ2n) is 7.00. The lowest BCUT2D eigenvalue weighted by Crippen LogP contribution is -2.37. The van der Waals surface area contributed by atoms with Crippen molar-refractivity contribution in [1.29, 1.82) is 0 Å². The summed E-state index contributed by atoms with van der Waals surface area (Å²) in [6.07, 6.45) is 5.17. The topological polar surface area (TPSA) is 70.4 Å². The van der Waals surface area contributed by atoms with Crippen molar-refractivity contribution >= 4 is 11.7 Å². The van der Waals surface area contributed by atoms with Gasteiger partial charge in [0.25, 0.3) is 0 Å². The Balaban J connectivity index is 1.97. The van der Waals surface area contributed by atoms with Crippen LogP contribution in [-0.2, 0) is 13.0 Å². The highest BCUT2D eigenvalue weighted by molar-refractivity contribution is 5.89. The van der Waals surface area contributed by atoms with Gasteiger partial charge in [-0.25, -0.2) is 4.79 Å². The number of carbonyl (C=O) groups excluding carboxylic acids is 1. The molecule has 0 aromatic carbocycles. The number of aromatic nitrogens is 2. The minimum Gasteiger partial charge on any atom is -0.393 e. The number of nitrogens with one attached hydrogen (secondary N) is 1. The molecule has 6 heteroatoms. The second kappa shape index (κ2) is 7.81. The van der Waals surface area contributed by atoms with E-state index in [-0.39, 0.29) is 18.1 Å². The van der Waals surface area contributed by atoms with Gasteiger partial charge in [0.05, 0.1) is 23.7 Å². The molecule has 0 aliphatic heterocycles. The minimum atomic E-state index is -0.273. The van der Waals surface area contributed by atoms with Crippen LogP contribution in [0.3, 0.4) is 0 Å². The third kappa shape index (κ3) is 4.47. The Morgan fingerprint density at radius 2 is 2.26 bits per heavy atom. The first-order valence-electron chi connectivity index (χ1n) is 8.67. The smallest absolute Gasteiger partial charge is 0.321 e. The zero-order valence-electron chi connectivity index (χ0n) is 14.7. The van der Waals surface area contributed by atoms with E-state index in [9.17, 15) is 9.90 Å². The summed E-state index contributed by atoms with van der Waals surface area (Å²) in [5, 5.41) is 17.3. The first-order valence-corrected chi connectivity index (χ1v) is 8.67. The lowest BCUT2D eigenvalue weighted by Gasteiger charge is -2.23. The standard InChI is InChI=1S/C17H30N4O2/c1-5-15-14(9-18-21(15)10-12(2)3)19-17(23)20(4)11-13-7-6-8-16(13)22/h9,12-13,16,22H,5-8,10-11H2,1-4H3,(H,19,23). The fourth-order valence-corrected chi connectivity index (χ4v) is 3.27. The highest BCUT2D eigenvalue weighted by atomic mass is 16.3. The molecule has 0 bridgehead atoms. The summed E-state index contributed by atoms with van der Waals surface area (Å²) in [5.41, 5.74) is 1.85. The summed E-state index contributed by atoms with van der Waals surface area (Å²) in [4.78, 5) is 14.1. The van der Waals surface area contributed by atoms with E-state index in [1.807, 2.05) is 4.68 Å². The average molecular weight is 322 g/mol. The number of hydrogen-bond donors (Lipinski definition) is 2. The molecule has 1 heterocycles. The van der Waals surface area contributed by atoms with Crippen LogP contribution in [0, 0.1) is 11.8 Å². The molecule has 0 saturated heterocycles. The van der Waals surface area contributed by atoms with Crippen LogP contribution in [0.4, 0.5) is 10.5 Å². The summed E-state index contributed by atoms with van der Waals surface area (Å²) < 4.78 is 1.97. The Morgan fingerprint density at radius 1 is 1.52 bits per heavy atom. The Bertz CT molecular complexity index is 527. The number of aliphatic hydroxyl groups is 1. The van der Waals surface area contributed by atoms with Gasteiger partial charge in [-0.1, -0.05) is 27.2 Å². The highest BCUT2D eigenvalue weighted by Crippen LogP contribution is 2.26. The first kappa shape index (κ1) is 17.8. The zero-order valence-corrected chi connectivity index (χ0v) is 14.7. The van der Waals surface area contributed by atoms with Crippen LogP contribution in [0.15, 0.2) is 6.20 Å². The van der Waals surface area contributed by atoms with E-state index in [2.05, 4.69) is 31.2 Å². The van der Waals surface area contributed by atoms with Gasteiger partial charge in [-0.15, -0.1) is 0 Å². The molecule has 130 valence electrons. The van der Waals surface area contributed by atoms with Gasteiger partial charge in [0.2, 0.25) is 0 Å².